The molecule has 2 aromatic heterocycles. The van der Waals surface area contributed by atoms with Gasteiger partial charge in [-0.3, -0.25) is 0 Å². The average molecular weight is 465 g/mol. The van der Waals surface area contributed by atoms with Crippen LogP contribution in [0.3, 0.4) is 0 Å². The number of methoxy groups -OCH3 is 1. The molecule has 2 aliphatic heterocycles. The maximum atomic E-state index is 14.1. The Morgan fingerprint density at radius 3 is 2.47 bits per heavy atom. The molecule has 5 rings (SSSR count). The van der Waals surface area contributed by atoms with Crippen molar-refractivity contribution in [2.24, 2.45) is 5.92 Å². The summed E-state index contributed by atoms with van der Waals surface area (Å²) in [7, 11) is 1.40. The molecule has 0 saturated carbocycles. The van der Waals surface area contributed by atoms with Gasteiger partial charge in [0.05, 0.1) is 18.4 Å². The standard InChI is InChI=1S/C25H29FN6O2/c1-24-10-11-25(2,32-24)13-15(12-24)14-27-19-9-8-17(30-31-19)20-21(16-6-4-5-7-18(16)33)28-23(26)29-22(20)34-3/h4-9,15,32-33H,10-14H2,1-3H3,(H,27,31). The highest BCUT2D eigenvalue weighted by atomic mass is 19.1. The minimum absolute atomic E-state index is 0.0208. The van der Waals surface area contributed by atoms with Crippen molar-refractivity contribution < 1.29 is 14.2 Å². The number of aromatic hydroxyl groups is 1. The fourth-order valence-electron chi connectivity index (χ4n) is 5.67. The molecule has 3 aromatic rings. The number of hydrogen-bond donors (Lipinski definition) is 3. The van der Waals surface area contributed by atoms with Crippen LogP contribution in [0.4, 0.5) is 10.2 Å². The quantitative estimate of drug-likeness (QED) is 0.467. The first-order chi connectivity index (χ1) is 16.3. The largest absolute Gasteiger partial charge is 0.507 e. The van der Waals surface area contributed by atoms with Gasteiger partial charge in [-0.05, 0) is 69.7 Å². The molecule has 2 aliphatic rings. The van der Waals surface area contributed by atoms with E-state index in [2.05, 4.69) is 44.6 Å². The number of rotatable bonds is 6. The molecule has 4 heterocycles. The van der Waals surface area contributed by atoms with Crippen molar-refractivity contribution in [1.82, 2.24) is 25.5 Å². The number of halogens is 1. The van der Waals surface area contributed by atoms with Crippen LogP contribution in [0.25, 0.3) is 22.5 Å². The summed E-state index contributed by atoms with van der Waals surface area (Å²) in [5, 5.41) is 26.3. The number of benzene rings is 1. The Balaban J connectivity index is 1.39. The van der Waals surface area contributed by atoms with E-state index < -0.39 is 6.08 Å². The Hall–Kier alpha value is -3.33. The monoisotopic (exact) mass is 464 g/mol. The third kappa shape index (κ3) is 4.27. The van der Waals surface area contributed by atoms with Gasteiger partial charge in [-0.1, -0.05) is 12.1 Å². The van der Waals surface area contributed by atoms with E-state index in [-0.39, 0.29) is 28.4 Å². The van der Waals surface area contributed by atoms with Crippen LogP contribution < -0.4 is 15.4 Å². The van der Waals surface area contributed by atoms with Crippen molar-refractivity contribution in [3.8, 4) is 34.1 Å². The van der Waals surface area contributed by atoms with Crippen LogP contribution >= 0.6 is 0 Å². The maximum Gasteiger partial charge on any atom is 0.312 e. The number of fused-ring (bicyclic) bond motifs is 2. The van der Waals surface area contributed by atoms with Crippen LogP contribution in [0.5, 0.6) is 11.6 Å². The minimum atomic E-state index is -0.955. The average Bonchev–Trinajstić information content (AvgIpc) is 3.04. The number of phenols is 1. The first kappa shape index (κ1) is 22.5. The third-order valence-corrected chi connectivity index (χ3v) is 7.00. The maximum absolute atomic E-state index is 14.1. The van der Waals surface area contributed by atoms with Crippen molar-refractivity contribution in [2.75, 3.05) is 19.0 Å². The Morgan fingerprint density at radius 1 is 1.09 bits per heavy atom. The molecule has 0 radical (unpaired) electrons. The van der Waals surface area contributed by atoms with E-state index in [9.17, 15) is 9.50 Å². The predicted octanol–water partition coefficient (Wildman–Crippen LogP) is 4.18. The van der Waals surface area contributed by atoms with Gasteiger partial charge in [0.15, 0.2) is 0 Å². The van der Waals surface area contributed by atoms with Crippen LogP contribution in [-0.4, -0.2) is 50.0 Å². The number of hydrogen-bond acceptors (Lipinski definition) is 8. The first-order valence-corrected chi connectivity index (χ1v) is 11.5. The van der Waals surface area contributed by atoms with Crippen molar-refractivity contribution in [3.63, 3.8) is 0 Å². The highest BCUT2D eigenvalue weighted by Gasteiger charge is 2.48. The molecule has 34 heavy (non-hydrogen) atoms. The zero-order valence-electron chi connectivity index (χ0n) is 19.6. The summed E-state index contributed by atoms with van der Waals surface area (Å²) >= 11 is 0. The highest BCUT2D eigenvalue weighted by Crippen LogP contribution is 2.44. The molecule has 0 aliphatic carbocycles. The molecule has 2 bridgehead atoms. The van der Waals surface area contributed by atoms with Gasteiger partial charge in [0, 0.05) is 23.2 Å². The van der Waals surface area contributed by atoms with E-state index in [1.165, 1.54) is 26.0 Å². The van der Waals surface area contributed by atoms with E-state index in [0.717, 1.165) is 19.4 Å². The molecule has 1 aromatic carbocycles. The number of nitrogens with one attached hydrogen (secondary N) is 2. The molecule has 8 nitrogen and oxygen atoms in total. The second kappa shape index (κ2) is 8.47. The summed E-state index contributed by atoms with van der Waals surface area (Å²) in [5.74, 6) is 1.20. The number of anilines is 1. The van der Waals surface area contributed by atoms with E-state index in [4.69, 9.17) is 4.74 Å². The van der Waals surface area contributed by atoms with Gasteiger partial charge < -0.3 is 20.5 Å². The molecular formula is C25H29FN6O2. The summed E-state index contributed by atoms with van der Waals surface area (Å²) in [4.78, 5) is 7.70. The first-order valence-electron chi connectivity index (χ1n) is 11.5. The minimum Gasteiger partial charge on any atom is -0.507 e. The van der Waals surface area contributed by atoms with Gasteiger partial charge in [0.25, 0.3) is 0 Å². The van der Waals surface area contributed by atoms with Gasteiger partial charge in [-0.15, -0.1) is 10.2 Å². The summed E-state index contributed by atoms with van der Waals surface area (Å²) in [6.45, 7) is 5.46. The SMILES string of the molecule is COc1nc(F)nc(-c2ccccc2O)c1-c1ccc(NCC2CC3(C)CCC(C)(C2)N3)nn1. The van der Waals surface area contributed by atoms with E-state index >= 15 is 0 Å². The predicted molar refractivity (Wildman–Crippen MR) is 127 cm³/mol. The number of para-hydroxylation sites is 1. The Labute approximate surface area is 198 Å². The normalized spacial score (nSPS) is 25.8. The Bertz CT molecular complexity index is 1190. The molecule has 2 unspecified atom stereocenters. The van der Waals surface area contributed by atoms with Crippen LogP contribution in [-0.2, 0) is 0 Å². The van der Waals surface area contributed by atoms with Gasteiger partial charge in [0.2, 0.25) is 5.88 Å². The lowest BCUT2D eigenvalue weighted by atomic mass is 9.80. The van der Waals surface area contributed by atoms with Gasteiger partial charge >= 0.3 is 6.08 Å². The molecule has 2 atom stereocenters. The number of nitrogens with zero attached hydrogens (tertiary/aromatic N) is 4. The molecule has 3 N–H and O–H groups in total. The molecular weight excluding hydrogens is 435 g/mol. The van der Waals surface area contributed by atoms with E-state index in [0.29, 0.717) is 28.6 Å². The fraction of sp³-hybridized carbons (Fsp3) is 0.440. The lowest BCUT2D eigenvalue weighted by Crippen LogP contribution is -2.54. The number of ether oxygens (including phenoxy) is 1. The number of piperidine rings is 1. The van der Waals surface area contributed by atoms with Crippen molar-refractivity contribution >= 4 is 5.82 Å². The number of aromatic nitrogens is 4. The Morgan fingerprint density at radius 2 is 1.82 bits per heavy atom. The van der Waals surface area contributed by atoms with Crippen LogP contribution in [0.15, 0.2) is 36.4 Å². The molecule has 2 saturated heterocycles. The Kier molecular flexibility index (Phi) is 5.59. The lowest BCUT2D eigenvalue weighted by Gasteiger charge is -2.42. The van der Waals surface area contributed by atoms with Crippen LogP contribution in [0.1, 0.15) is 39.5 Å². The summed E-state index contributed by atoms with van der Waals surface area (Å²) in [6.07, 6.45) is 3.75. The van der Waals surface area contributed by atoms with E-state index in [1.807, 2.05) is 6.07 Å². The second-order valence-electron chi connectivity index (χ2n) is 9.95. The van der Waals surface area contributed by atoms with Crippen molar-refractivity contribution in [3.05, 3.63) is 42.5 Å². The van der Waals surface area contributed by atoms with Crippen LogP contribution in [0, 0.1) is 12.0 Å². The van der Waals surface area contributed by atoms with Crippen molar-refractivity contribution in [2.45, 2.75) is 50.6 Å². The van der Waals surface area contributed by atoms with Gasteiger partial charge in [-0.2, -0.15) is 9.37 Å². The lowest BCUT2D eigenvalue weighted by molar-refractivity contribution is 0.178. The highest BCUT2D eigenvalue weighted by molar-refractivity contribution is 5.84. The number of phenolic OH excluding ortho intramolecular Hbond substituents is 1. The smallest absolute Gasteiger partial charge is 0.312 e. The fourth-order valence-corrected chi connectivity index (χ4v) is 5.67. The molecule has 2 fully saturated rings. The van der Waals surface area contributed by atoms with Crippen LogP contribution in [0.2, 0.25) is 0 Å². The summed E-state index contributed by atoms with van der Waals surface area (Å²) in [5.41, 5.74) is 1.74. The summed E-state index contributed by atoms with van der Waals surface area (Å²) < 4.78 is 19.5. The van der Waals surface area contributed by atoms with Gasteiger partial charge in [-0.25, -0.2) is 4.98 Å². The molecule has 0 amide bonds. The third-order valence-electron chi connectivity index (χ3n) is 7.00. The van der Waals surface area contributed by atoms with Gasteiger partial charge in [0.1, 0.15) is 17.3 Å². The summed E-state index contributed by atoms with van der Waals surface area (Å²) in [6, 6.07) is 10.2. The topological polar surface area (TPSA) is 105 Å². The molecule has 0 spiro atoms. The zero-order valence-corrected chi connectivity index (χ0v) is 19.6. The molecule has 9 heteroatoms. The molecule has 178 valence electrons. The van der Waals surface area contributed by atoms with Crippen molar-refractivity contribution in [1.29, 1.82) is 0 Å². The second-order valence-corrected chi connectivity index (χ2v) is 9.95. The van der Waals surface area contributed by atoms with E-state index in [1.54, 1.807) is 24.3 Å². The zero-order chi connectivity index (χ0) is 23.9.